The SMILES string of the molecule is Cc1cc(/C=C/C(=O)O)ccc1NC(=O)C(C)C1CC1. The van der Waals surface area contributed by atoms with Crippen molar-refractivity contribution >= 4 is 23.6 Å². The zero-order valence-corrected chi connectivity index (χ0v) is 11.7. The minimum atomic E-state index is -0.974. The number of benzene rings is 1. The predicted molar refractivity (Wildman–Crippen MR) is 78.4 cm³/mol. The Bertz CT molecular complexity index is 559. The third-order valence-electron chi connectivity index (χ3n) is 3.67. The molecule has 0 spiro atoms. The lowest BCUT2D eigenvalue weighted by atomic mass is 10.0. The molecular formula is C16H19NO3. The van der Waals surface area contributed by atoms with Crippen LogP contribution in [0.25, 0.3) is 6.08 Å². The summed E-state index contributed by atoms with van der Waals surface area (Å²) in [4.78, 5) is 22.5. The number of carbonyl (C=O) groups is 2. The molecule has 1 saturated carbocycles. The van der Waals surface area contributed by atoms with E-state index in [2.05, 4.69) is 5.32 Å². The third-order valence-corrected chi connectivity index (χ3v) is 3.67. The Morgan fingerprint density at radius 2 is 2.10 bits per heavy atom. The van der Waals surface area contributed by atoms with Crippen molar-refractivity contribution in [2.24, 2.45) is 11.8 Å². The van der Waals surface area contributed by atoms with E-state index in [0.717, 1.165) is 35.7 Å². The summed E-state index contributed by atoms with van der Waals surface area (Å²) in [6.45, 7) is 3.86. The van der Waals surface area contributed by atoms with Gasteiger partial charge in [-0.05, 0) is 55.0 Å². The zero-order chi connectivity index (χ0) is 14.7. The van der Waals surface area contributed by atoms with Crippen LogP contribution in [0.1, 0.15) is 30.9 Å². The molecule has 1 atom stereocenters. The molecule has 1 aromatic rings. The molecule has 1 aliphatic rings. The molecular weight excluding hydrogens is 254 g/mol. The van der Waals surface area contributed by atoms with Crippen LogP contribution in [0.5, 0.6) is 0 Å². The molecule has 0 aliphatic heterocycles. The molecule has 20 heavy (non-hydrogen) atoms. The molecule has 2 rings (SSSR count). The molecule has 1 amide bonds. The summed E-state index contributed by atoms with van der Waals surface area (Å²) < 4.78 is 0. The van der Waals surface area contributed by atoms with Crippen LogP contribution in [0.3, 0.4) is 0 Å². The van der Waals surface area contributed by atoms with Crippen LogP contribution < -0.4 is 5.32 Å². The second-order valence-electron chi connectivity index (χ2n) is 5.36. The number of carboxylic acids is 1. The summed E-state index contributed by atoms with van der Waals surface area (Å²) in [5.41, 5.74) is 2.52. The maximum atomic E-state index is 12.0. The molecule has 0 aromatic heterocycles. The van der Waals surface area contributed by atoms with E-state index >= 15 is 0 Å². The predicted octanol–water partition coefficient (Wildman–Crippen LogP) is 3.08. The molecule has 0 heterocycles. The number of hydrogen-bond acceptors (Lipinski definition) is 2. The number of hydrogen-bond donors (Lipinski definition) is 2. The third kappa shape index (κ3) is 3.70. The van der Waals surface area contributed by atoms with Gasteiger partial charge >= 0.3 is 5.97 Å². The molecule has 1 unspecified atom stereocenters. The molecule has 106 valence electrons. The average molecular weight is 273 g/mol. The summed E-state index contributed by atoms with van der Waals surface area (Å²) in [5, 5.41) is 11.5. The van der Waals surface area contributed by atoms with E-state index in [9.17, 15) is 9.59 Å². The number of aliphatic carboxylic acids is 1. The minimum absolute atomic E-state index is 0.0565. The molecule has 4 heteroatoms. The van der Waals surface area contributed by atoms with Gasteiger partial charge in [-0.2, -0.15) is 0 Å². The Morgan fingerprint density at radius 1 is 1.40 bits per heavy atom. The van der Waals surface area contributed by atoms with Gasteiger partial charge in [0.25, 0.3) is 0 Å². The van der Waals surface area contributed by atoms with Gasteiger partial charge < -0.3 is 10.4 Å². The molecule has 1 fully saturated rings. The molecule has 4 nitrogen and oxygen atoms in total. The number of carbonyl (C=O) groups excluding carboxylic acids is 1. The van der Waals surface area contributed by atoms with E-state index in [1.165, 1.54) is 6.08 Å². The minimum Gasteiger partial charge on any atom is -0.478 e. The molecule has 0 saturated heterocycles. The fourth-order valence-electron chi connectivity index (χ4n) is 2.16. The Labute approximate surface area is 118 Å². The van der Waals surface area contributed by atoms with Gasteiger partial charge in [0.05, 0.1) is 0 Å². The second-order valence-corrected chi connectivity index (χ2v) is 5.36. The number of rotatable bonds is 5. The molecule has 0 bridgehead atoms. The van der Waals surface area contributed by atoms with Gasteiger partial charge in [0.2, 0.25) is 5.91 Å². The normalized spacial score (nSPS) is 16.1. The van der Waals surface area contributed by atoms with Crippen molar-refractivity contribution in [2.75, 3.05) is 5.32 Å². The highest BCUT2D eigenvalue weighted by molar-refractivity contribution is 5.93. The first kappa shape index (κ1) is 14.3. The topological polar surface area (TPSA) is 66.4 Å². The summed E-state index contributed by atoms with van der Waals surface area (Å²) in [6, 6.07) is 5.47. The molecule has 2 N–H and O–H groups in total. The average Bonchev–Trinajstić information content (AvgIpc) is 3.22. The zero-order valence-electron chi connectivity index (χ0n) is 11.7. The van der Waals surface area contributed by atoms with Gasteiger partial charge in [-0.15, -0.1) is 0 Å². The van der Waals surface area contributed by atoms with Crippen LogP contribution in [0.15, 0.2) is 24.3 Å². The number of aryl methyl sites for hydroxylation is 1. The van der Waals surface area contributed by atoms with Crippen LogP contribution in [0.2, 0.25) is 0 Å². The Morgan fingerprint density at radius 3 is 2.65 bits per heavy atom. The maximum Gasteiger partial charge on any atom is 0.328 e. The number of amides is 1. The number of carboxylic acid groups (broad SMARTS) is 1. The van der Waals surface area contributed by atoms with E-state index in [4.69, 9.17) is 5.11 Å². The number of nitrogens with one attached hydrogen (secondary N) is 1. The Kier molecular flexibility index (Phi) is 4.23. The van der Waals surface area contributed by atoms with Crippen molar-refractivity contribution in [3.8, 4) is 0 Å². The standard InChI is InChI=1S/C16H19NO3/c1-10-9-12(4-8-15(18)19)3-7-14(10)17-16(20)11(2)13-5-6-13/h3-4,7-9,11,13H,5-6H2,1-2H3,(H,17,20)(H,18,19)/b8-4+. The van der Waals surface area contributed by atoms with Crippen LogP contribution >= 0.6 is 0 Å². The lowest BCUT2D eigenvalue weighted by Crippen LogP contribution is -2.22. The lowest BCUT2D eigenvalue weighted by Gasteiger charge is -2.13. The molecule has 1 aliphatic carbocycles. The van der Waals surface area contributed by atoms with E-state index in [0.29, 0.717) is 5.92 Å². The van der Waals surface area contributed by atoms with Gasteiger partial charge in [0, 0.05) is 17.7 Å². The van der Waals surface area contributed by atoms with E-state index in [1.54, 1.807) is 6.07 Å². The van der Waals surface area contributed by atoms with Crippen molar-refractivity contribution in [3.05, 3.63) is 35.4 Å². The van der Waals surface area contributed by atoms with Crippen molar-refractivity contribution in [1.29, 1.82) is 0 Å². The first-order valence-corrected chi connectivity index (χ1v) is 6.80. The molecule has 1 aromatic carbocycles. The van der Waals surface area contributed by atoms with E-state index in [-0.39, 0.29) is 11.8 Å². The van der Waals surface area contributed by atoms with Crippen molar-refractivity contribution in [1.82, 2.24) is 0 Å². The Hall–Kier alpha value is -2.10. The van der Waals surface area contributed by atoms with Gasteiger partial charge in [0.1, 0.15) is 0 Å². The van der Waals surface area contributed by atoms with Gasteiger partial charge in [-0.1, -0.05) is 13.0 Å². The fraction of sp³-hybridized carbons (Fsp3) is 0.375. The Balaban J connectivity index is 2.05. The summed E-state index contributed by atoms with van der Waals surface area (Å²) in [6.07, 6.45) is 4.93. The maximum absolute atomic E-state index is 12.0. The van der Waals surface area contributed by atoms with E-state index < -0.39 is 5.97 Å². The largest absolute Gasteiger partial charge is 0.478 e. The summed E-state index contributed by atoms with van der Waals surface area (Å²) >= 11 is 0. The monoisotopic (exact) mass is 273 g/mol. The van der Waals surface area contributed by atoms with Crippen molar-refractivity contribution in [3.63, 3.8) is 0 Å². The fourth-order valence-corrected chi connectivity index (χ4v) is 2.16. The molecule has 0 radical (unpaired) electrons. The van der Waals surface area contributed by atoms with Crippen LogP contribution in [0.4, 0.5) is 5.69 Å². The van der Waals surface area contributed by atoms with Crippen LogP contribution in [-0.4, -0.2) is 17.0 Å². The van der Waals surface area contributed by atoms with Crippen LogP contribution in [-0.2, 0) is 9.59 Å². The van der Waals surface area contributed by atoms with Crippen molar-refractivity contribution in [2.45, 2.75) is 26.7 Å². The van der Waals surface area contributed by atoms with Gasteiger partial charge in [0.15, 0.2) is 0 Å². The summed E-state index contributed by atoms with van der Waals surface area (Å²) in [5.74, 6) is -0.322. The number of anilines is 1. The smallest absolute Gasteiger partial charge is 0.328 e. The highest BCUT2D eigenvalue weighted by Crippen LogP contribution is 2.37. The lowest BCUT2D eigenvalue weighted by molar-refractivity contribution is -0.131. The highest BCUT2D eigenvalue weighted by atomic mass is 16.4. The van der Waals surface area contributed by atoms with E-state index in [1.807, 2.05) is 26.0 Å². The van der Waals surface area contributed by atoms with Gasteiger partial charge in [-0.25, -0.2) is 4.79 Å². The van der Waals surface area contributed by atoms with Crippen LogP contribution in [0, 0.1) is 18.8 Å². The van der Waals surface area contributed by atoms with Crippen molar-refractivity contribution < 1.29 is 14.7 Å². The first-order chi connectivity index (χ1) is 9.47. The quantitative estimate of drug-likeness (QED) is 0.810. The van der Waals surface area contributed by atoms with Gasteiger partial charge in [-0.3, -0.25) is 4.79 Å². The first-order valence-electron chi connectivity index (χ1n) is 6.80. The highest BCUT2D eigenvalue weighted by Gasteiger charge is 2.32. The second kappa shape index (κ2) is 5.90. The summed E-state index contributed by atoms with van der Waals surface area (Å²) in [7, 11) is 0.